The second kappa shape index (κ2) is 6.19. The third kappa shape index (κ3) is 2.96. The van der Waals surface area contributed by atoms with E-state index in [0.29, 0.717) is 22.5 Å². The summed E-state index contributed by atoms with van der Waals surface area (Å²) in [6.07, 6.45) is 0.885. The van der Waals surface area contributed by atoms with Crippen LogP contribution in [0.5, 0.6) is 0 Å². The lowest BCUT2D eigenvalue weighted by molar-refractivity contribution is 0.430. The van der Waals surface area contributed by atoms with Crippen molar-refractivity contribution >= 4 is 44.5 Å². The molecule has 3 heterocycles. The van der Waals surface area contributed by atoms with Crippen molar-refractivity contribution in [2.45, 2.75) is 15.9 Å². The Labute approximate surface area is 131 Å². The molecule has 1 fully saturated rings. The van der Waals surface area contributed by atoms with Gasteiger partial charge in [0, 0.05) is 29.0 Å². The second-order valence-corrected chi connectivity index (χ2v) is 9.90. The highest BCUT2D eigenvalue weighted by Gasteiger charge is 2.29. The number of thioether (sulfide) groups is 1. The van der Waals surface area contributed by atoms with Crippen molar-refractivity contribution in [2.75, 3.05) is 18.8 Å². The molecule has 3 rings (SSSR count). The SMILES string of the molecule is O=S(=O)(c1cccs1)N1CCS[C@H](c2cccs2)CC1. The molecule has 0 radical (unpaired) electrons. The van der Waals surface area contributed by atoms with Crippen LogP contribution in [0.25, 0.3) is 0 Å². The minimum atomic E-state index is -3.29. The number of nitrogens with zero attached hydrogens (tertiary/aromatic N) is 1. The van der Waals surface area contributed by atoms with E-state index in [9.17, 15) is 8.42 Å². The van der Waals surface area contributed by atoms with E-state index < -0.39 is 10.0 Å². The molecule has 0 aromatic carbocycles. The van der Waals surface area contributed by atoms with Gasteiger partial charge < -0.3 is 0 Å². The molecule has 0 aliphatic carbocycles. The highest BCUT2D eigenvalue weighted by Crippen LogP contribution is 2.37. The number of hydrogen-bond donors (Lipinski definition) is 0. The summed E-state index contributed by atoms with van der Waals surface area (Å²) in [5.74, 6) is 0.854. The van der Waals surface area contributed by atoms with E-state index in [1.807, 2.05) is 17.1 Å². The van der Waals surface area contributed by atoms with Crippen LogP contribution in [0.4, 0.5) is 0 Å². The Bertz CT molecular complexity index is 634. The first-order chi connectivity index (χ1) is 9.68. The third-order valence-electron chi connectivity index (χ3n) is 3.25. The molecular formula is C13H15NO2S4. The van der Waals surface area contributed by atoms with Crippen molar-refractivity contribution in [3.05, 3.63) is 39.9 Å². The fourth-order valence-corrected chi connectivity index (χ4v) is 7.18. The zero-order valence-corrected chi connectivity index (χ0v) is 14.0. The van der Waals surface area contributed by atoms with Gasteiger partial charge in [0.25, 0.3) is 10.0 Å². The Kier molecular flexibility index (Phi) is 4.52. The van der Waals surface area contributed by atoms with Gasteiger partial charge in [0.05, 0.1) is 0 Å². The smallest absolute Gasteiger partial charge is 0.206 e. The lowest BCUT2D eigenvalue weighted by Crippen LogP contribution is -2.32. The first-order valence-electron chi connectivity index (χ1n) is 6.36. The summed E-state index contributed by atoms with van der Waals surface area (Å²) in [4.78, 5) is 1.35. The van der Waals surface area contributed by atoms with Crippen molar-refractivity contribution in [2.24, 2.45) is 0 Å². The second-order valence-electron chi connectivity index (χ2n) is 4.50. The minimum Gasteiger partial charge on any atom is -0.206 e. The number of sulfonamides is 1. The Hall–Kier alpha value is -0.340. The maximum Gasteiger partial charge on any atom is 0.252 e. The molecule has 2 aromatic heterocycles. The van der Waals surface area contributed by atoms with Crippen LogP contribution < -0.4 is 0 Å². The predicted molar refractivity (Wildman–Crippen MR) is 87.2 cm³/mol. The van der Waals surface area contributed by atoms with Gasteiger partial charge in [-0.15, -0.1) is 22.7 Å². The van der Waals surface area contributed by atoms with E-state index in [1.54, 1.807) is 27.8 Å². The van der Waals surface area contributed by atoms with Crippen LogP contribution >= 0.6 is 34.4 Å². The third-order valence-corrected chi connectivity index (χ3v) is 8.97. The van der Waals surface area contributed by atoms with E-state index in [2.05, 4.69) is 17.5 Å². The lowest BCUT2D eigenvalue weighted by atomic mass is 10.2. The molecule has 0 N–H and O–H groups in total. The highest BCUT2D eigenvalue weighted by molar-refractivity contribution is 7.99. The van der Waals surface area contributed by atoms with Crippen LogP contribution in [-0.2, 0) is 10.0 Å². The van der Waals surface area contributed by atoms with Crippen LogP contribution in [-0.4, -0.2) is 31.6 Å². The Balaban J connectivity index is 1.75. The summed E-state index contributed by atoms with van der Waals surface area (Å²) in [7, 11) is -3.29. The van der Waals surface area contributed by atoms with Crippen molar-refractivity contribution in [1.29, 1.82) is 0 Å². The topological polar surface area (TPSA) is 37.4 Å². The van der Waals surface area contributed by atoms with Gasteiger partial charge in [-0.05, 0) is 29.3 Å². The number of hydrogen-bond acceptors (Lipinski definition) is 5. The quantitative estimate of drug-likeness (QED) is 0.851. The first-order valence-corrected chi connectivity index (χ1v) is 10.6. The zero-order chi connectivity index (χ0) is 14.0. The summed E-state index contributed by atoms with van der Waals surface area (Å²) < 4.78 is 27.1. The monoisotopic (exact) mass is 345 g/mol. The van der Waals surface area contributed by atoms with Crippen LogP contribution in [0.3, 0.4) is 0 Å². The molecule has 0 saturated carbocycles. The van der Waals surface area contributed by atoms with Crippen molar-refractivity contribution in [3.8, 4) is 0 Å². The van der Waals surface area contributed by atoms with Crippen molar-refractivity contribution in [3.63, 3.8) is 0 Å². The van der Waals surface area contributed by atoms with Crippen LogP contribution in [0, 0.1) is 0 Å². The Morgan fingerprint density at radius 3 is 2.60 bits per heavy atom. The summed E-state index contributed by atoms with van der Waals surface area (Å²) in [5.41, 5.74) is 0. The van der Waals surface area contributed by atoms with Gasteiger partial charge in [-0.1, -0.05) is 12.1 Å². The summed E-state index contributed by atoms with van der Waals surface area (Å²) in [6, 6.07) is 7.69. The Morgan fingerprint density at radius 2 is 1.90 bits per heavy atom. The van der Waals surface area contributed by atoms with E-state index in [4.69, 9.17) is 0 Å². The summed E-state index contributed by atoms with van der Waals surface area (Å²) in [5, 5.41) is 4.33. The molecule has 1 saturated heterocycles. The molecule has 2 aromatic rings. The molecule has 20 heavy (non-hydrogen) atoms. The normalized spacial score (nSPS) is 21.7. The standard InChI is InChI=1S/C13H15NO2S4/c15-20(16,13-4-2-9-19-13)14-6-5-12(18-10-7-14)11-3-1-8-17-11/h1-4,8-9,12H,5-7,10H2/t12-/m0/s1. The highest BCUT2D eigenvalue weighted by atomic mass is 32.2. The molecule has 0 spiro atoms. The van der Waals surface area contributed by atoms with E-state index in [1.165, 1.54) is 16.2 Å². The maximum absolute atomic E-state index is 12.5. The van der Waals surface area contributed by atoms with Crippen molar-refractivity contribution in [1.82, 2.24) is 4.31 Å². The first kappa shape index (κ1) is 14.6. The van der Waals surface area contributed by atoms with Gasteiger partial charge in [-0.3, -0.25) is 0 Å². The van der Waals surface area contributed by atoms with Gasteiger partial charge in [0.2, 0.25) is 0 Å². The molecule has 7 heteroatoms. The van der Waals surface area contributed by atoms with Crippen LogP contribution in [0.15, 0.2) is 39.2 Å². The van der Waals surface area contributed by atoms with E-state index >= 15 is 0 Å². The molecule has 0 amide bonds. The molecule has 0 unspecified atom stereocenters. The number of thiophene rings is 2. The Morgan fingerprint density at radius 1 is 1.10 bits per heavy atom. The molecular weight excluding hydrogens is 330 g/mol. The molecule has 1 aliphatic rings. The van der Waals surface area contributed by atoms with Gasteiger partial charge >= 0.3 is 0 Å². The minimum absolute atomic E-state index is 0.429. The van der Waals surface area contributed by atoms with Gasteiger partial charge in [-0.25, -0.2) is 8.42 Å². The molecule has 1 aliphatic heterocycles. The van der Waals surface area contributed by atoms with E-state index in [-0.39, 0.29) is 0 Å². The fraction of sp³-hybridized carbons (Fsp3) is 0.385. The average Bonchev–Trinajstić information content (AvgIpc) is 3.08. The molecule has 3 nitrogen and oxygen atoms in total. The largest absolute Gasteiger partial charge is 0.252 e. The van der Waals surface area contributed by atoms with Crippen LogP contribution in [0.2, 0.25) is 0 Å². The average molecular weight is 346 g/mol. The summed E-state index contributed by atoms with van der Waals surface area (Å²) in [6.45, 7) is 1.21. The molecule has 108 valence electrons. The van der Waals surface area contributed by atoms with Crippen molar-refractivity contribution < 1.29 is 8.42 Å². The predicted octanol–water partition coefficient (Wildman–Crippen LogP) is 3.68. The van der Waals surface area contributed by atoms with Gasteiger partial charge in [0.15, 0.2) is 0 Å². The van der Waals surface area contributed by atoms with E-state index in [0.717, 1.165) is 12.2 Å². The lowest BCUT2D eigenvalue weighted by Gasteiger charge is -2.18. The van der Waals surface area contributed by atoms with Gasteiger partial charge in [-0.2, -0.15) is 16.1 Å². The maximum atomic E-state index is 12.5. The van der Waals surface area contributed by atoms with Gasteiger partial charge in [0.1, 0.15) is 4.21 Å². The fourth-order valence-electron chi connectivity index (χ4n) is 2.23. The molecule has 0 bridgehead atoms. The molecule has 1 atom stereocenters. The number of rotatable bonds is 3. The summed E-state index contributed by atoms with van der Waals surface area (Å²) >= 11 is 4.92. The van der Waals surface area contributed by atoms with Crippen LogP contribution in [0.1, 0.15) is 16.5 Å². The zero-order valence-electron chi connectivity index (χ0n) is 10.8.